The highest BCUT2D eigenvalue weighted by atomic mass is 32.2. The maximum absolute atomic E-state index is 12.6. The summed E-state index contributed by atoms with van der Waals surface area (Å²) in [5, 5.41) is 9.38. The monoisotopic (exact) mass is 604 g/mol. The van der Waals surface area contributed by atoms with Crippen molar-refractivity contribution >= 4 is 52.5 Å². The molecule has 0 saturated heterocycles. The van der Waals surface area contributed by atoms with Gasteiger partial charge in [0.25, 0.3) is 0 Å². The van der Waals surface area contributed by atoms with Crippen LogP contribution in [0.15, 0.2) is 77.8 Å². The van der Waals surface area contributed by atoms with E-state index in [1.54, 1.807) is 25.2 Å². The standard InChI is InChI=1S/C31H36N6O3S2/c1-19(2)40-30(39)36-23-11-9-21(10-12-23)28-33-18-27(41-28)25-14-13-24(16-26(25)42-37-31(3,4)5)35-29(38)34-17-20-7-6-8-22(32)15-20/h6-16,18-19,37H,17,32H2,1-5H3,(H,36,39)(H2,34,35,38). The number of rotatable bonds is 9. The first-order valence-corrected chi connectivity index (χ1v) is 15.1. The van der Waals surface area contributed by atoms with Gasteiger partial charge in [0.15, 0.2) is 0 Å². The minimum atomic E-state index is -0.486. The zero-order valence-corrected chi connectivity index (χ0v) is 25.9. The molecule has 6 N–H and O–H groups in total. The van der Waals surface area contributed by atoms with Gasteiger partial charge in [0.2, 0.25) is 0 Å². The lowest BCUT2D eigenvalue weighted by atomic mass is 10.1. The van der Waals surface area contributed by atoms with Crippen LogP contribution in [-0.2, 0) is 11.3 Å². The Labute approximate surface area is 254 Å². The average molecular weight is 605 g/mol. The molecule has 3 amide bonds. The topological polar surface area (TPSA) is 130 Å². The van der Waals surface area contributed by atoms with Crippen LogP contribution in [0.4, 0.5) is 26.7 Å². The average Bonchev–Trinajstić information content (AvgIpc) is 3.40. The lowest BCUT2D eigenvalue weighted by Crippen LogP contribution is -2.30. The summed E-state index contributed by atoms with van der Waals surface area (Å²) in [6.07, 6.45) is 1.18. The number of nitrogens with one attached hydrogen (secondary N) is 4. The number of aromatic nitrogens is 1. The summed E-state index contributed by atoms with van der Waals surface area (Å²) < 4.78 is 8.61. The number of nitrogens with zero attached hydrogens (tertiary/aromatic N) is 1. The molecule has 42 heavy (non-hydrogen) atoms. The minimum Gasteiger partial charge on any atom is -0.447 e. The molecule has 0 aliphatic heterocycles. The van der Waals surface area contributed by atoms with Crippen molar-refractivity contribution in [3.63, 3.8) is 0 Å². The fraction of sp³-hybridized carbons (Fsp3) is 0.258. The highest BCUT2D eigenvalue weighted by molar-refractivity contribution is 7.97. The molecular formula is C31H36N6O3S2. The molecule has 0 fully saturated rings. The number of carbonyl (C=O) groups excluding carboxylic acids is 2. The second-order valence-corrected chi connectivity index (χ2v) is 12.8. The molecule has 220 valence electrons. The largest absolute Gasteiger partial charge is 0.447 e. The molecule has 1 aromatic heterocycles. The van der Waals surface area contributed by atoms with Crippen LogP contribution in [0, 0.1) is 0 Å². The van der Waals surface area contributed by atoms with Crippen LogP contribution in [0.2, 0.25) is 0 Å². The predicted molar refractivity (Wildman–Crippen MR) is 174 cm³/mol. The lowest BCUT2D eigenvalue weighted by molar-refractivity contribution is 0.130. The van der Waals surface area contributed by atoms with Crippen molar-refractivity contribution in [1.29, 1.82) is 0 Å². The zero-order valence-electron chi connectivity index (χ0n) is 24.3. The summed E-state index contributed by atoms with van der Waals surface area (Å²) in [6, 6.07) is 20.4. The number of hydrogen-bond donors (Lipinski definition) is 5. The van der Waals surface area contributed by atoms with Gasteiger partial charge in [-0.2, -0.15) is 0 Å². The Kier molecular flexibility index (Phi) is 10.1. The quantitative estimate of drug-likeness (QED) is 0.0976. The number of nitrogen functional groups attached to an aromatic ring is 1. The lowest BCUT2D eigenvalue weighted by Gasteiger charge is -2.21. The van der Waals surface area contributed by atoms with Crippen molar-refractivity contribution in [2.75, 3.05) is 16.4 Å². The molecule has 3 aromatic carbocycles. The Balaban J connectivity index is 1.49. The van der Waals surface area contributed by atoms with Gasteiger partial charge in [0.1, 0.15) is 5.01 Å². The normalized spacial score (nSPS) is 11.3. The minimum absolute atomic E-state index is 0.128. The molecule has 0 atom stereocenters. The maximum Gasteiger partial charge on any atom is 0.411 e. The van der Waals surface area contributed by atoms with Crippen LogP contribution in [0.1, 0.15) is 40.2 Å². The molecule has 11 heteroatoms. The first-order chi connectivity index (χ1) is 19.9. The second kappa shape index (κ2) is 13.7. The van der Waals surface area contributed by atoms with E-state index in [0.717, 1.165) is 31.5 Å². The van der Waals surface area contributed by atoms with E-state index in [2.05, 4.69) is 46.4 Å². The number of anilines is 3. The van der Waals surface area contributed by atoms with E-state index in [0.29, 0.717) is 23.6 Å². The molecule has 0 aliphatic rings. The summed E-state index contributed by atoms with van der Waals surface area (Å²) in [6.45, 7) is 10.3. The molecule has 0 unspecified atom stereocenters. The fourth-order valence-corrected chi connectivity index (χ4v) is 5.66. The maximum atomic E-state index is 12.6. The molecular weight excluding hydrogens is 569 g/mol. The third-order valence-electron chi connectivity index (χ3n) is 5.60. The van der Waals surface area contributed by atoms with Crippen molar-refractivity contribution in [2.45, 2.75) is 57.7 Å². The summed E-state index contributed by atoms with van der Waals surface area (Å²) in [4.78, 5) is 31.1. The van der Waals surface area contributed by atoms with Gasteiger partial charge in [0.05, 0.1) is 11.0 Å². The van der Waals surface area contributed by atoms with Crippen molar-refractivity contribution in [3.05, 3.63) is 78.5 Å². The molecule has 4 aromatic rings. The molecule has 0 aliphatic carbocycles. The smallest absolute Gasteiger partial charge is 0.411 e. The van der Waals surface area contributed by atoms with Crippen molar-refractivity contribution < 1.29 is 14.3 Å². The summed E-state index contributed by atoms with van der Waals surface area (Å²) in [7, 11) is 0. The second-order valence-electron chi connectivity index (χ2n) is 10.9. The highest BCUT2D eigenvalue weighted by Crippen LogP contribution is 2.38. The molecule has 0 bridgehead atoms. The van der Waals surface area contributed by atoms with E-state index < -0.39 is 6.09 Å². The first-order valence-electron chi connectivity index (χ1n) is 13.5. The third-order valence-corrected chi connectivity index (χ3v) is 7.95. The van der Waals surface area contributed by atoms with Crippen molar-refractivity contribution in [1.82, 2.24) is 15.0 Å². The van der Waals surface area contributed by atoms with Gasteiger partial charge in [-0.3, -0.25) is 10.0 Å². The number of thiazole rings is 1. The van der Waals surface area contributed by atoms with Crippen LogP contribution in [0.3, 0.4) is 0 Å². The van der Waals surface area contributed by atoms with Crippen LogP contribution in [0.5, 0.6) is 0 Å². The first kappa shape index (κ1) is 30.9. The number of hydrogen-bond acceptors (Lipinski definition) is 8. The van der Waals surface area contributed by atoms with Gasteiger partial charge in [0, 0.05) is 51.4 Å². The zero-order chi connectivity index (χ0) is 30.3. The predicted octanol–water partition coefficient (Wildman–Crippen LogP) is 7.73. The van der Waals surface area contributed by atoms with Crippen molar-refractivity contribution in [3.8, 4) is 21.0 Å². The summed E-state index contributed by atoms with van der Waals surface area (Å²) >= 11 is 3.08. The Hall–Kier alpha value is -4.06. The Bertz CT molecular complexity index is 1530. The molecule has 0 saturated carbocycles. The molecule has 9 nitrogen and oxygen atoms in total. The van der Waals surface area contributed by atoms with Gasteiger partial charge in [-0.15, -0.1) is 11.3 Å². The number of benzene rings is 3. The molecule has 1 heterocycles. The van der Waals surface area contributed by atoms with Crippen LogP contribution >= 0.6 is 23.3 Å². The van der Waals surface area contributed by atoms with Gasteiger partial charge >= 0.3 is 12.1 Å². The third kappa shape index (κ3) is 9.23. The van der Waals surface area contributed by atoms with E-state index >= 15 is 0 Å². The Morgan fingerprint density at radius 1 is 1.00 bits per heavy atom. The number of ether oxygens (including phenoxy) is 1. The molecule has 0 radical (unpaired) electrons. The van der Waals surface area contributed by atoms with Gasteiger partial charge < -0.3 is 21.1 Å². The van der Waals surface area contributed by atoms with Gasteiger partial charge in [-0.25, -0.2) is 14.6 Å². The van der Waals surface area contributed by atoms with Crippen LogP contribution < -0.4 is 26.4 Å². The van der Waals surface area contributed by atoms with E-state index in [1.807, 2.05) is 72.9 Å². The Morgan fingerprint density at radius 3 is 2.43 bits per heavy atom. The Morgan fingerprint density at radius 2 is 1.74 bits per heavy atom. The number of nitrogens with two attached hydrogens (primary N) is 1. The van der Waals surface area contributed by atoms with Gasteiger partial charge in [-0.1, -0.05) is 18.2 Å². The van der Waals surface area contributed by atoms with E-state index in [9.17, 15) is 9.59 Å². The molecule has 0 spiro atoms. The SMILES string of the molecule is CC(C)OC(=O)Nc1ccc(-c2ncc(-c3ccc(NC(=O)NCc4cccc(N)c4)cc3SNC(C)(C)C)s2)cc1. The highest BCUT2D eigenvalue weighted by Gasteiger charge is 2.16. The van der Waals surface area contributed by atoms with Gasteiger partial charge in [-0.05, 0) is 101 Å². The number of carbonyl (C=O) groups is 2. The summed E-state index contributed by atoms with van der Waals surface area (Å²) in [5.41, 5.74) is 10.5. The fourth-order valence-electron chi connectivity index (χ4n) is 3.75. The summed E-state index contributed by atoms with van der Waals surface area (Å²) in [5.74, 6) is 0. The van der Waals surface area contributed by atoms with Crippen molar-refractivity contribution in [2.24, 2.45) is 0 Å². The van der Waals surface area contributed by atoms with Crippen LogP contribution in [-0.4, -0.2) is 28.8 Å². The van der Waals surface area contributed by atoms with E-state index in [4.69, 9.17) is 10.5 Å². The molecule has 4 rings (SSSR count). The number of amides is 3. The van der Waals surface area contributed by atoms with E-state index in [-0.39, 0.29) is 17.7 Å². The van der Waals surface area contributed by atoms with E-state index in [1.165, 1.54) is 11.9 Å². The number of urea groups is 1. The van der Waals surface area contributed by atoms with Crippen LogP contribution in [0.25, 0.3) is 21.0 Å².